The number of benzene rings is 1. The Balaban J connectivity index is 3.14. The van der Waals surface area contributed by atoms with E-state index in [-0.39, 0.29) is 10.0 Å². The van der Waals surface area contributed by atoms with Crippen LogP contribution in [0.4, 0.5) is 13.2 Å². The highest BCUT2D eigenvalue weighted by molar-refractivity contribution is 9.10. The van der Waals surface area contributed by atoms with Crippen LogP contribution in [0, 0.1) is 0 Å². The second-order valence-corrected chi connectivity index (χ2v) is 6.31. The third-order valence-electron chi connectivity index (χ3n) is 1.59. The SMILES string of the molecule is O=S(=O)(OCC(F)(F)F)c1c(Cl)cc(Br)cc1Cl. The molecule has 1 aromatic rings. The first-order valence-corrected chi connectivity index (χ1v) is 7.09. The van der Waals surface area contributed by atoms with Crippen LogP contribution in [-0.4, -0.2) is 21.2 Å². The summed E-state index contributed by atoms with van der Waals surface area (Å²) in [6.45, 7) is -1.95. The van der Waals surface area contributed by atoms with Crippen LogP contribution < -0.4 is 0 Å². The second kappa shape index (κ2) is 5.54. The van der Waals surface area contributed by atoms with Crippen LogP contribution in [-0.2, 0) is 14.3 Å². The normalized spacial score (nSPS) is 12.8. The molecule has 0 amide bonds. The summed E-state index contributed by atoms with van der Waals surface area (Å²) < 4.78 is 63.0. The maximum absolute atomic E-state index is 11.9. The van der Waals surface area contributed by atoms with Gasteiger partial charge >= 0.3 is 6.18 Å². The molecule has 102 valence electrons. The predicted octanol–water partition coefficient (Wildman–Crippen LogP) is 4.02. The van der Waals surface area contributed by atoms with E-state index in [0.29, 0.717) is 4.47 Å². The molecule has 0 aromatic heterocycles. The summed E-state index contributed by atoms with van der Waals surface area (Å²) >= 11 is 14.2. The summed E-state index contributed by atoms with van der Waals surface area (Å²) in [5.41, 5.74) is 0. The highest BCUT2D eigenvalue weighted by atomic mass is 79.9. The molecule has 10 heteroatoms. The average molecular weight is 388 g/mol. The van der Waals surface area contributed by atoms with Crippen LogP contribution in [0.2, 0.25) is 10.0 Å². The lowest BCUT2D eigenvalue weighted by molar-refractivity contribution is -0.152. The molecular formula is C8H4BrCl2F3O3S. The molecule has 0 aliphatic heterocycles. The molecule has 0 spiro atoms. The van der Waals surface area contributed by atoms with Crippen molar-refractivity contribution in [1.29, 1.82) is 0 Å². The lowest BCUT2D eigenvalue weighted by Gasteiger charge is -2.11. The van der Waals surface area contributed by atoms with Crippen molar-refractivity contribution in [2.24, 2.45) is 0 Å². The summed E-state index contributed by atoms with van der Waals surface area (Å²) in [5.74, 6) is 0. The van der Waals surface area contributed by atoms with E-state index in [9.17, 15) is 21.6 Å². The van der Waals surface area contributed by atoms with E-state index in [0.717, 1.165) is 0 Å². The number of rotatable bonds is 3. The highest BCUT2D eigenvalue weighted by Crippen LogP contribution is 2.34. The molecule has 1 aromatic carbocycles. The Kier molecular flexibility index (Phi) is 4.93. The van der Waals surface area contributed by atoms with Gasteiger partial charge in [0.2, 0.25) is 0 Å². The Morgan fingerprint density at radius 2 is 1.67 bits per heavy atom. The van der Waals surface area contributed by atoms with Crippen LogP contribution in [0.1, 0.15) is 0 Å². The smallest absolute Gasteiger partial charge is 0.257 e. The zero-order valence-electron chi connectivity index (χ0n) is 8.26. The molecule has 0 N–H and O–H groups in total. The summed E-state index contributed by atoms with van der Waals surface area (Å²) in [6.07, 6.45) is -4.78. The molecular weight excluding hydrogens is 384 g/mol. The van der Waals surface area contributed by atoms with Gasteiger partial charge in [0.05, 0.1) is 10.0 Å². The lowest BCUT2D eigenvalue weighted by Crippen LogP contribution is -2.21. The summed E-state index contributed by atoms with van der Waals surface area (Å²) in [7, 11) is -4.68. The molecule has 0 saturated carbocycles. The van der Waals surface area contributed by atoms with E-state index in [1.165, 1.54) is 12.1 Å². The maximum atomic E-state index is 11.9. The first-order chi connectivity index (χ1) is 8.03. The first-order valence-electron chi connectivity index (χ1n) is 4.13. The number of hydrogen-bond donors (Lipinski definition) is 0. The Hall–Kier alpha value is -0.0200. The van der Waals surface area contributed by atoms with E-state index in [4.69, 9.17) is 23.2 Å². The minimum Gasteiger partial charge on any atom is -0.257 e. The molecule has 0 bridgehead atoms. The summed E-state index contributed by atoms with van der Waals surface area (Å²) in [5, 5.41) is -0.673. The molecule has 18 heavy (non-hydrogen) atoms. The third kappa shape index (κ3) is 4.27. The monoisotopic (exact) mass is 386 g/mol. The van der Waals surface area contributed by atoms with Crippen molar-refractivity contribution in [3.05, 3.63) is 26.7 Å². The Morgan fingerprint density at radius 3 is 2.06 bits per heavy atom. The van der Waals surface area contributed by atoms with Gasteiger partial charge in [-0.25, -0.2) is 0 Å². The lowest BCUT2D eigenvalue weighted by atomic mass is 10.4. The zero-order chi connectivity index (χ0) is 14.1. The van der Waals surface area contributed by atoms with Crippen molar-refractivity contribution in [2.75, 3.05) is 6.61 Å². The number of hydrogen-bond acceptors (Lipinski definition) is 3. The molecule has 0 unspecified atom stereocenters. The van der Waals surface area contributed by atoms with E-state index < -0.39 is 27.8 Å². The van der Waals surface area contributed by atoms with Gasteiger partial charge in [-0.05, 0) is 12.1 Å². The van der Waals surface area contributed by atoms with Gasteiger partial charge in [-0.3, -0.25) is 4.18 Å². The van der Waals surface area contributed by atoms with E-state index in [1.807, 2.05) is 0 Å². The van der Waals surface area contributed by atoms with Crippen molar-refractivity contribution >= 4 is 49.2 Å². The molecule has 0 radical (unpaired) electrons. The van der Waals surface area contributed by atoms with Crippen molar-refractivity contribution < 1.29 is 25.8 Å². The molecule has 0 heterocycles. The molecule has 0 aliphatic rings. The highest BCUT2D eigenvalue weighted by Gasteiger charge is 2.33. The average Bonchev–Trinajstić information content (AvgIpc) is 2.11. The van der Waals surface area contributed by atoms with Crippen LogP contribution >= 0.6 is 39.1 Å². The first kappa shape index (κ1) is 16.0. The minimum atomic E-state index is -4.78. The van der Waals surface area contributed by atoms with Gasteiger partial charge in [0.15, 0.2) is 6.61 Å². The van der Waals surface area contributed by atoms with Gasteiger partial charge < -0.3 is 0 Å². The molecule has 0 aliphatic carbocycles. The standard InChI is InChI=1S/C8H4BrCl2F3O3S/c9-4-1-5(10)7(6(11)2-4)18(15,16)17-3-8(12,13)14/h1-2H,3H2. The Bertz CT molecular complexity index is 536. The fourth-order valence-electron chi connectivity index (χ4n) is 0.971. The molecule has 0 atom stereocenters. The van der Waals surface area contributed by atoms with Crippen LogP contribution in [0.3, 0.4) is 0 Å². The van der Waals surface area contributed by atoms with Crippen LogP contribution in [0.5, 0.6) is 0 Å². The number of halogens is 6. The summed E-state index contributed by atoms with van der Waals surface area (Å²) in [6, 6.07) is 2.36. The Labute approximate surface area is 119 Å². The van der Waals surface area contributed by atoms with E-state index >= 15 is 0 Å². The van der Waals surface area contributed by atoms with Crippen molar-refractivity contribution in [3.8, 4) is 0 Å². The fourth-order valence-corrected chi connectivity index (χ4v) is 3.75. The largest absolute Gasteiger partial charge is 0.413 e. The van der Waals surface area contributed by atoms with Crippen LogP contribution in [0.15, 0.2) is 21.5 Å². The quantitative estimate of drug-likeness (QED) is 0.735. The van der Waals surface area contributed by atoms with Gasteiger partial charge in [0.25, 0.3) is 10.1 Å². The zero-order valence-corrected chi connectivity index (χ0v) is 12.2. The van der Waals surface area contributed by atoms with Gasteiger partial charge in [0.1, 0.15) is 4.90 Å². The number of alkyl halides is 3. The maximum Gasteiger partial charge on any atom is 0.413 e. The van der Waals surface area contributed by atoms with Crippen LogP contribution in [0.25, 0.3) is 0 Å². The minimum absolute atomic E-state index is 0.337. The van der Waals surface area contributed by atoms with Gasteiger partial charge in [-0.1, -0.05) is 39.1 Å². The van der Waals surface area contributed by atoms with E-state index in [2.05, 4.69) is 20.1 Å². The van der Waals surface area contributed by atoms with Gasteiger partial charge in [-0.2, -0.15) is 21.6 Å². The molecule has 3 nitrogen and oxygen atoms in total. The molecule has 1 rings (SSSR count). The van der Waals surface area contributed by atoms with Gasteiger partial charge in [0, 0.05) is 4.47 Å². The topological polar surface area (TPSA) is 43.4 Å². The molecule has 0 saturated heterocycles. The predicted molar refractivity (Wildman–Crippen MR) is 63.4 cm³/mol. The molecule has 0 fully saturated rings. The summed E-state index contributed by atoms with van der Waals surface area (Å²) in [4.78, 5) is -0.696. The van der Waals surface area contributed by atoms with Gasteiger partial charge in [-0.15, -0.1) is 0 Å². The Morgan fingerprint density at radius 1 is 1.22 bits per heavy atom. The fraction of sp³-hybridized carbons (Fsp3) is 0.250. The third-order valence-corrected chi connectivity index (χ3v) is 4.24. The second-order valence-electron chi connectivity index (χ2n) is 3.03. The van der Waals surface area contributed by atoms with Crippen molar-refractivity contribution in [2.45, 2.75) is 11.1 Å². The van der Waals surface area contributed by atoms with E-state index in [1.54, 1.807) is 0 Å². The van der Waals surface area contributed by atoms with Crippen molar-refractivity contribution in [3.63, 3.8) is 0 Å². The van der Waals surface area contributed by atoms with Crippen molar-refractivity contribution in [1.82, 2.24) is 0 Å².